The SMILES string of the molecule is C[C@@H](CC(=O)N[C@@H]1CCCc2cc(CNC3CCCC3)ccc21)NS(=O)(=O)c1ccc2cc(Cl)ccc2c1. The van der Waals surface area contributed by atoms with Gasteiger partial charge < -0.3 is 10.6 Å². The second-order valence-electron chi connectivity index (χ2n) is 10.8. The third-order valence-corrected chi connectivity index (χ3v) is 9.56. The summed E-state index contributed by atoms with van der Waals surface area (Å²) in [5, 5.41) is 9.09. The van der Waals surface area contributed by atoms with E-state index in [2.05, 4.69) is 33.6 Å². The van der Waals surface area contributed by atoms with Crippen LogP contribution in [0.3, 0.4) is 0 Å². The number of benzene rings is 3. The molecule has 38 heavy (non-hydrogen) atoms. The quantitative estimate of drug-likeness (QED) is 0.313. The van der Waals surface area contributed by atoms with Gasteiger partial charge in [-0.1, -0.05) is 54.8 Å². The normalized spacial score (nSPS) is 18.8. The van der Waals surface area contributed by atoms with E-state index in [1.54, 1.807) is 43.3 Å². The van der Waals surface area contributed by atoms with E-state index >= 15 is 0 Å². The Bertz CT molecular complexity index is 1420. The molecule has 0 radical (unpaired) electrons. The molecule has 0 aliphatic heterocycles. The summed E-state index contributed by atoms with van der Waals surface area (Å²) in [6, 6.07) is 16.9. The number of nitrogens with one attached hydrogen (secondary N) is 3. The Morgan fingerprint density at radius 1 is 0.974 bits per heavy atom. The molecule has 2 atom stereocenters. The molecular formula is C30H36ClN3O3S. The molecule has 1 saturated carbocycles. The van der Waals surface area contributed by atoms with Gasteiger partial charge in [-0.05, 0) is 90.8 Å². The summed E-state index contributed by atoms with van der Waals surface area (Å²) >= 11 is 6.03. The molecule has 2 aliphatic carbocycles. The second kappa shape index (κ2) is 11.7. The average molecular weight is 554 g/mol. The maximum atomic E-state index is 13.0. The smallest absolute Gasteiger partial charge is 0.240 e. The lowest BCUT2D eigenvalue weighted by Gasteiger charge is -2.27. The predicted octanol–water partition coefficient (Wildman–Crippen LogP) is 5.78. The van der Waals surface area contributed by atoms with Crippen molar-refractivity contribution in [2.75, 3.05) is 0 Å². The Labute approximate surface area is 230 Å². The first-order valence-electron chi connectivity index (χ1n) is 13.6. The van der Waals surface area contributed by atoms with Crippen molar-refractivity contribution in [1.82, 2.24) is 15.4 Å². The van der Waals surface area contributed by atoms with E-state index in [9.17, 15) is 13.2 Å². The molecule has 202 valence electrons. The zero-order chi connectivity index (χ0) is 26.7. The lowest BCUT2D eigenvalue weighted by molar-refractivity contribution is -0.122. The van der Waals surface area contributed by atoms with Crippen molar-refractivity contribution in [2.45, 2.75) is 87.9 Å². The summed E-state index contributed by atoms with van der Waals surface area (Å²) in [4.78, 5) is 13.1. The van der Waals surface area contributed by atoms with Gasteiger partial charge in [0.15, 0.2) is 0 Å². The van der Waals surface area contributed by atoms with E-state index in [1.165, 1.54) is 42.4 Å². The Balaban J connectivity index is 1.17. The number of hydrogen-bond donors (Lipinski definition) is 3. The van der Waals surface area contributed by atoms with E-state index in [1.807, 2.05) is 0 Å². The van der Waals surface area contributed by atoms with Crippen molar-refractivity contribution in [1.29, 1.82) is 0 Å². The maximum Gasteiger partial charge on any atom is 0.240 e. The van der Waals surface area contributed by atoms with Gasteiger partial charge in [-0.2, -0.15) is 0 Å². The highest BCUT2D eigenvalue weighted by molar-refractivity contribution is 7.89. The number of halogens is 1. The molecule has 1 fully saturated rings. The minimum Gasteiger partial charge on any atom is -0.349 e. The van der Waals surface area contributed by atoms with Gasteiger partial charge in [0.2, 0.25) is 15.9 Å². The number of aryl methyl sites for hydroxylation is 1. The summed E-state index contributed by atoms with van der Waals surface area (Å²) in [6.07, 6.45) is 8.18. The van der Waals surface area contributed by atoms with Gasteiger partial charge in [0.05, 0.1) is 10.9 Å². The molecule has 8 heteroatoms. The number of fused-ring (bicyclic) bond motifs is 2. The molecule has 0 aromatic heterocycles. The minimum absolute atomic E-state index is 0.0424. The third-order valence-electron chi connectivity index (χ3n) is 7.74. The fourth-order valence-corrected chi connectivity index (χ4v) is 7.25. The van der Waals surface area contributed by atoms with Crippen molar-refractivity contribution < 1.29 is 13.2 Å². The zero-order valence-corrected chi connectivity index (χ0v) is 23.4. The molecule has 0 bridgehead atoms. The number of carbonyl (C=O) groups excluding carboxylic acids is 1. The molecule has 1 amide bonds. The summed E-state index contributed by atoms with van der Waals surface area (Å²) in [7, 11) is -3.77. The molecule has 0 saturated heterocycles. The largest absolute Gasteiger partial charge is 0.349 e. The average Bonchev–Trinajstić information content (AvgIpc) is 3.40. The van der Waals surface area contributed by atoms with Crippen LogP contribution in [0.5, 0.6) is 0 Å². The van der Waals surface area contributed by atoms with E-state index in [-0.39, 0.29) is 23.3 Å². The molecule has 5 rings (SSSR count). The molecule has 0 spiro atoms. The highest BCUT2D eigenvalue weighted by atomic mass is 35.5. The number of carbonyl (C=O) groups is 1. The fourth-order valence-electron chi connectivity index (χ4n) is 5.79. The Hall–Kier alpha value is -2.45. The van der Waals surface area contributed by atoms with Crippen LogP contribution < -0.4 is 15.4 Å². The summed E-state index contributed by atoms with van der Waals surface area (Å²) < 4.78 is 28.6. The first-order chi connectivity index (χ1) is 18.3. The molecule has 3 aromatic carbocycles. The second-order valence-corrected chi connectivity index (χ2v) is 12.9. The molecule has 6 nitrogen and oxygen atoms in total. The standard InChI is InChI=1S/C30H36ClN3O3S/c1-20(34-38(36,37)27-13-11-22-17-25(31)12-10-23(22)18-27)15-30(35)33-29-8-4-5-24-16-21(9-14-28(24)29)19-32-26-6-2-3-7-26/h9-14,16-18,20,26,29,32,34H,2-8,15,19H2,1H3,(H,33,35)/t20-,29+/m0/s1. The van der Waals surface area contributed by atoms with Crippen LogP contribution >= 0.6 is 11.6 Å². The van der Waals surface area contributed by atoms with Gasteiger partial charge in [0.1, 0.15) is 0 Å². The highest BCUT2D eigenvalue weighted by Crippen LogP contribution is 2.31. The lowest BCUT2D eigenvalue weighted by Crippen LogP contribution is -2.39. The fraction of sp³-hybridized carbons (Fsp3) is 0.433. The number of hydrogen-bond acceptors (Lipinski definition) is 4. The van der Waals surface area contributed by atoms with Crippen molar-refractivity contribution >= 4 is 38.3 Å². The van der Waals surface area contributed by atoms with Gasteiger partial charge in [-0.3, -0.25) is 4.79 Å². The number of rotatable bonds is 9. The lowest BCUT2D eigenvalue weighted by atomic mass is 9.86. The van der Waals surface area contributed by atoms with Crippen LogP contribution in [0.1, 0.15) is 74.6 Å². The van der Waals surface area contributed by atoms with Crippen molar-refractivity contribution in [3.8, 4) is 0 Å². The Morgan fingerprint density at radius 2 is 1.74 bits per heavy atom. The van der Waals surface area contributed by atoms with Crippen LogP contribution in [-0.2, 0) is 27.8 Å². The van der Waals surface area contributed by atoms with Crippen LogP contribution in [0.25, 0.3) is 10.8 Å². The number of sulfonamides is 1. The van der Waals surface area contributed by atoms with E-state index in [4.69, 9.17) is 11.6 Å². The van der Waals surface area contributed by atoms with E-state index < -0.39 is 16.1 Å². The van der Waals surface area contributed by atoms with E-state index in [0.717, 1.165) is 36.6 Å². The van der Waals surface area contributed by atoms with Gasteiger partial charge in [0, 0.05) is 30.1 Å². The van der Waals surface area contributed by atoms with Crippen LogP contribution in [0.15, 0.2) is 59.5 Å². The first-order valence-corrected chi connectivity index (χ1v) is 15.5. The van der Waals surface area contributed by atoms with Crippen LogP contribution in [0.4, 0.5) is 0 Å². The highest BCUT2D eigenvalue weighted by Gasteiger charge is 2.25. The third kappa shape index (κ3) is 6.57. The van der Waals surface area contributed by atoms with Crippen LogP contribution in [0.2, 0.25) is 5.02 Å². The van der Waals surface area contributed by atoms with Gasteiger partial charge in [-0.15, -0.1) is 0 Å². The first kappa shape index (κ1) is 27.1. The van der Waals surface area contributed by atoms with Crippen molar-refractivity contribution in [3.63, 3.8) is 0 Å². The molecular weight excluding hydrogens is 518 g/mol. The van der Waals surface area contributed by atoms with E-state index in [0.29, 0.717) is 11.1 Å². The summed E-state index contributed by atoms with van der Waals surface area (Å²) in [6.45, 7) is 2.61. The topological polar surface area (TPSA) is 87.3 Å². The summed E-state index contributed by atoms with van der Waals surface area (Å²) in [5.74, 6) is -0.154. The van der Waals surface area contributed by atoms with Gasteiger partial charge in [0.25, 0.3) is 0 Å². The molecule has 0 unspecified atom stereocenters. The van der Waals surface area contributed by atoms with Crippen molar-refractivity contribution in [3.05, 3.63) is 76.3 Å². The zero-order valence-electron chi connectivity index (χ0n) is 21.8. The summed E-state index contributed by atoms with van der Waals surface area (Å²) in [5.41, 5.74) is 3.78. The minimum atomic E-state index is -3.77. The van der Waals surface area contributed by atoms with Gasteiger partial charge >= 0.3 is 0 Å². The Kier molecular flexibility index (Phi) is 8.38. The molecule has 2 aliphatic rings. The monoisotopic (exact) mass is 553 g/mol. The molecule has 3 N–H and O–H groups in total. The number of amides is 1. The Morgan fingerprint density at radius 3 is 2.55 bits per heavy atom. The predicted molar refractivity (Wildman–Crippen MR) is 153 cm³/mol. The molecule has 0 heterocycles. The maximum absolute atomic E-state index is 13.0. The van der Waals surface area contributed by atoms with Crippen molar-refractivity contribution in [2.24, 2.45) is 0 Å². The van der Waals surface area contributed by atoms with Crippen LogP contribution in [-0.4, -0.2) is 26.4 Å². The van der Waals surface area contributed by atoms with Gasteiger partial charge in [-0.25, -0.2) is 13.1 Å². The molecule has 3 aromatic rings. The van der Waals surface area contributed by atoms with Crippen LogP contribution in [0, 0.1) is 0 Å².